The van der Waals surface area contributed by atoms with E-state index in [2.05, 4.69) is 20.6 Å². The first-order chi connectivity index (χ1) is 9.66. The molecule has 1 amide bonds. The number of hydrogen-bond acceptors (Lipinski definition) is 5. The molecular weight excluding hydrogens is 256 g/mol. The Labute approximate surface area is 117 Å². The molecule has 6 heteroatoms. The number of carbonyl (C=O) groups excluding carboxylic acids is 1. The lowest BCUT2D eigenvalue weighted by Gasteiger charge is -2.08. The Kier molecular flexibility index (Phi) is 4.97. The number of aromatic nitrogens is 2. The van der Waals surface area contributed by atoms with Crippen molar-refractivity contribution in [1.29, 1.82) is 0 Å². The minimum absolute atomic E-state index is 0.142. The normalized spacial score (nSPS) is 12.3. The van der Waals surface area contributed by atoms with E-state index in [1.54, 1.807) is 37.5 Å². The largest absolute Gasteiger partial charge is 0.392 e. The van der Waals surface area contributed by atoms with Crippen molar-refractivity contribution in [2.75, 3.05) is 19.6 Å². The predicted molar refractivity (Wildman–Crippen MR) is 76.4 cm³/mol. The highest BCUT2D eigenvalue weighted by atomic mass is 16.3. The van der Waals surface area contributed by atoms with Crippen LogP contribution in [0.1, 0.15) is 17.3 Å². The van der Waals surface area contributed by atoms with E-state index in [-0.39, 0.29) is 12.0 Å². The number of benzene rings is 1. The van der Waals surface area contributed by atoms with Gasteiger partial charge >= 0.3 is 0 Å². The molecule has 0 spiro atoms. The third-order valence-corrected chi connectivity index (χ3v) is 2.76. The standard InChI is InChI=1S/C14H18N4O2/c1-10(19)9-15-4-5-18-14(20)11-2-3-12-13(8-11)17-7-6-16-12/h2-3,6-8,10,15,19H,4-5,9H2,1H3,(H,18,20). The van der Waals surface area contributed by atoms with E-state index >= 15 is 0 Å². The van der Waals surface area contributed by atoms with Gasteiger partial charge in [-0.1, -0.05) is 0 Å². The van der Waals surface area contributed by atoms with E-state index in [9.17, 15) is 4.79 Å². The second-order valence-electron chi connectivity index (χ2n) is 4.57. The Bertz CT molecular complexity index is 586. The Morgan fingerprint density at radius 3 is 2.75 bits per heavy atom. The summed E-state index contributed by atoms with van der Waals surface area (Å²) in [5.41, 5.74) is 2.03. The molecular formula is C14H18N4O2. The van der Waals surface area contributed by atoms with Crippen LogP contribution in [0.25, 0.3) is 11.0 Å². The fourth-order valence-electron chi connectivity index (χ4n) is 1.78. The quantitative estimate of drug-likeness (QED) is 0.661. The van der Waals surface area contributed by atoms with Crippen molar-refractivity contribution in [2.45, 2.75) is 13.0 Å². The number of rotatable bonds is 6. The topological polar surface area (TPSA) is 87.1 Å². The summed E-state index contributed by atoms with van der Waals surface area (Å²) in [6, 6.07) is 5.24. The number of amides is 1. The first-order valence-corrected chi connectivity index (χ1v) is 6.54. The molecule has 0 saturated heterocycles. The van der Waals surface area contributed by atoms with E-state index < -0.39 is 0 Å². The number of aliphatic hydroxyl groups excluding tert-OH is 1. The summed E-state index contributed by atoms with van der Waals surface area (Å²) in [7, 11) is 0. The summed E-state index contributed by atoms with van der Waals surface area (Å²) in [6.45, 7) is 3.34. The Balaban J connectivity index is 1.87. The highest BCUT2D eigenvalue weighted by Gasteiger charge is 2.06. The van der Waals surface area contributed by atoms with Crippen LogP contribution in [-0.2, 0) is 0 Å². The third-order valence-electron chi connectivity index (χ3n) is 2.76. The molecule has 0 aliphatic heterocycles. The molecule has 3 N–H and O–H groups in total. The summed E-state index contributed by atoms with van der Waals surface area (Å²) < 4.78 is 0. The van der Waals surface area contributed by atoms with Crippen molar-refractivity contribution >= 4 is 16.9 Å². The summed E-state index contributed by atoms with van der Waals surface area (Å²) in [6.07, 6.45) is 2.84. The van der Waals surface area contributed by atoms with Gasteiger partial charge in [0.05, 0.1) is 17.1 Å². The Morgan fingerprint density at radius 2 is 2.00 bits per heavy atom. The molecule has 0 bridgehead atoms. The van der Waals surface area contributed by atoms with Crippen LogP contribution in [0.4, 0.5) is 0 Å². The molecule has 1 unspecified atom stereocenters. The molecule has 1 aromatic carbocycles. The zero-order valence-corrected chi connectivity index (χ0v) is 11.3. The number of fused-ring (bicyclic) bond motifs is 1. The average Bonchev–Trinajstić information content (AvgIpc) is 2.46. The van der Waals surface area contributed by atoms with Gasteiger partial charge < -0.3 is 15.7 Å². The number of hydrogen-bond donors (Lipinski definition) is 3. The molecule has 1 atom stereocenters. The van der Waals surface area contributed by atoms with Crippen molar-refractivity contribution in [3.8, 4) is 0 Å². The van der Waals surface area contributed by atoms with Crippen LogP contribution >= 0.6 is 0 Å². The van der Waals surface area contributed by atoms with Crippen molar-refractivity contribution < 1.29 is 9.90 Å². The molecule has 0 saturated carbocycles. The van der Waals surface area contributed by atoms with Crippen LogP contribution in [0.5, 0.6) is 0 Å². The summed E-state index contributed by atoms with van der Waals surface area (Å²) in [4.78, 5) is 20.3. The van der Waals surface area contributed by atoms with Crippen molar-refractivity contribution in [1.82, 2.24) is 20.6 Å². The number of nitrogens with zero attached hydrogens (tertiary/aromatic N) is 2. The van der Waals surface area contributed by atoms with Gasteiger partial charge in [-0.25, -0.2) is 0 Å². The Morgan fingerprint density at radius 1 is 1.25 bits per heavy atom. The second kappa shape index (κ2) is 6.93. The fourth-order valence-corrected chi connectivity index (χ4v) is 1.78. The van der Waals surface area contributed by atoms with Gasteiger partial charge in [-0.15, -0.1) is 0 Å². The van der Waals surface area contributed by atoms with Gasteiger partial charge in [0.25, 0.3) is 5.91 Å². The zero-order valence-electron chi connectivity index (χ0n) is 11.3. The van der Waals surface area contributed by atoms with E-state index in [1.165, 1.54) is 0 Å². The summed E-state index contributed by atoms with van der Waals surface area (Å²) >= 11 is 0. The first-order valence-electron chi connectivity index (χ1n) is 6.54. The zero-order chi connectivity index (χ0) is 14.4. The summed E-state index contributed by atoms with van der Waals surface area (Å²) in [5.74, 6) is -0.142. The maximum atomic E-state index is 11.9. The van der Waals surface area contributed by atoms with Gasteiger partial charge in [0.15, 0.2) is 0 Å². The second-order valence-corrected chi connectivity index (χ2v) is 4.57. The van der Waals surface area contributed by atoms with E-state index in [4.69, 9.17) is 5.11 Å². The molecule has 1 aromatic heterocycles. The van der Waals surface area contributed by atoms with Crippen LogP contribution in [0, 0.1) is 0 Å². The van der Waals surface area contributed by atoms with Gasteiger partial charge in [0.2, 0.25) is 0 Å². The minimum Gasteiger partial charge on any atom is -0.392 e. The molecule has 1 heterocycles. The van der Waals surface area contributed by atoms with Gasteiger partial charge in [-0.05, 0) is 25.1 Å². The maximum Gasteiger partial charge on any atom is 0.251 e. The lowest BCUT2D eigenvalue weighted by molar-refractivity contribution is 0.0953. The average molecular weight is 274 g/mol. The molecule has 0 aliphatic carbocycles. The van der Waals surface area contributed by atoms with Gasteiger partial charge in [-0.3, -0.25) is 14.8 Å². The molecule has 6 nitrogen and oxygen atoms in total. The lowest BCUT2D eigenvalue weighted by Crippen LogP contribution is -2.34. The van der Waals surface area contributed by atoms with E-state index in [0.717, 1.165) is 5.52 Å². The number of aliphatic hydroxyl groups is 1. The number of carbonyl (C=O) groups is 1. The van der Waals surface area contributed by atoms with E-state index in [0.29, 0.717) is 30.7 Å². The van der Waals surface area contributed by atoms with Gasteiger partial charge in [0.1, 0.15) is 0 Å². The monoisotopic (exact) mass is 274 g/mol. The lowest BCUT2D eigenvalue weighted by atomic mass is 10.2. The molecule has 2 aromatic rings. The maximum absolute atomic E-state index is 11.9. The van der Waals surface area contributed by atoms with Crippen LogP contribution in [0.3, 0.4) is 0 Å². The Hall–Kier alpha value is -2.05. The highest BCUT2D eigenvalue weighted by Crippen LogP contribution is 2.10. The third kappa shape index (κ3) is 3.97. The fraction of sp³-hybridized carbons (Fsp3) is 0.357. The summed E-state index contributed by atoms with van der Waals surface area (Å²) in [5, 5.41) is 14.9. The molecule has 0 radical (unpaired) electrons. The smallest absolute Gasteiger partial charge is 0.251 e. The molecule has 2 rings (SSSR count). The molecule has 0 fully saturated rings. The van der Waals surface area contributed by atoms with Crippen molar-refractivity contribution in [3.63, 3.8) is 0 Å². The molecule has 0 aliphatic rings. The first kappa shape index (κ1) is 14.4. The predicted octanol–water partition coefficient (Wildman–Crippen LogP) is 0.330. The van der Waals surface area contributed by atoms with E-state index in [1.807, 2.05) is 0 Å². The van der Waals surface area contributed by atoms with Gasteiger partial charge in [-0.2, -0.15) is 0 Å². The molecule has 20 heavy (non-hydrogen) atoms. The van der Waals surface area contributed by atoms with Crippen molar-refractivity contribution in [3.05, 3.63) is 36.2 Å². The van der Waals surface area contributed by atoms with Crippen LogP contribution in [-0.4, -0.2) is 46.7 Å². The SMILES string of the molecule is CC(O)CNCCNC(=O)c1ccc2nccnc2c1. The van der Waals surface area contributed by atoms with Crippen LogP contribution in [0.15, 0.2) is 30.6 Å². The molecule has 106 valence electrons. The van der Waals surface area contributed by atoms with Crippen molar-refractivity contribution in [2.24, 2.45) is 0 Å². The van der Waals surface area contributed by atoms with Gasteiger partial charge in [0, 0.05) is 37.6 Å². The number of nitrogens with one attached hydrogen (secondary N) is 2. The van der Waals surface area contributed by atoms with Crippen LogP contribution < -0.4 is 10.6 Å². The minimum atomic E-state index is -0.384. The van der Waals surface area contributed by atoms with Crippen LogP contribution in [0.2, 0.25) is 0 Å². The highest BCUT2D eigenvalue weighted by molar-refractivity contribution is 5.97.